The van der Waals surface area contributed by atoms with Gasteiger partial charge in [-0.3, -0.25) is 4.79 Å². The first-order valence-electron chi connectivity index (χ1n) is 5.86. The van der Waals surface area contributed by atoms with Crippen LogP contribution in [0.2, 0.25) is 5.15 Å². The van der Waals surface area contributed by atoms with E-state index in [2.05, 4.69) is 15.6 Å². The SMILES string of the molecule is CC(=O)Nc1ccc(CNc2cccnc2Cl)cc1. The van der Waals surface area contributed by atoms with E-state index in [1.165, 1.54) is 6.92 Å². The maximum Gasteiger partial charge on any atom is 0.221 e. The Morgan fingerprint density at radius 2 is 2.00 bits per heavy atom. The van der Waals surface area contributed by atoms with E-state index in [1.807, 2.05) is 36.4 Å². The van der Waals surface area contributed by atoms with Crippen molar-refractivity contribution in [2.75, 3.05) is 10.6 Å². The van der Waals surface area contributed by atoms with Crippen LogP contribution < -0.4 is 10.6 Å². The molecule has 0 saturated heterocycles. The second-order valence-electron chi connectivity index (χ2n) is 4.07. The van der Waals surface area contributed by atoms with E-state index in [1.54, 1.807) is 6.20 Å². The van der Waals surface area contributed by atoms with Gasteiger partial charge in [-0.1, -0.05) is 23.7 Å². The van der Waals surface area contributed by atoms with Crippen LogP contribution in [0.3, 0.4) is 0 Å². The third-order valence-corrected chi connectivity index (χ3v) is 2.82. The van der Waals surface area contributed by atoms with Crippen molar-refractivity contribution in [3.8, 4) is 0 Å². The lowest BCUT2D eigenvalue weighted by Crippen LogP contribution is -2.06. The van der Waals surface area contributed by atoms with E-state index in [0.717, 1.165) is 16.9 Å². The molecule has 0 unspecified atom stereocenters. The minimum absolute atomic E-state index is 0.0759. The number of nitrogens with zero attached hydrogens (tertiary/aromatic N) is 1. The van der Waals surface area contributed by atoms with Crippen LogP contribution in [0, 0.1) is 0 Å². The second-order valence-corrected chi connectivity index (χ2v) is 4.43. The average molecular weight is 276 g/mol. The molecule has 1 aromatic heterocycles. The Morgan fingerprint density at radius 3 is 2.63 bits per heavy atom. The zero-order valence-electron chi connectivity index (χ0n) is 10.5. The van der Waals surface area contributed by atoms with Crippen LogP contribution in [0.4, 0.5) is 11.4 Å². The van der Waals surface area contributed by atoms with Crippen molar-refractivity contribution < 1.29 is 4.79 Å². The number of benzene rings is 1. The normalized spacial score (nSPS) is 10.0. The Morgan fingerprint density at radius 1 is 1.26 bits per heavy atom. The predicted molar refractivity (Wildman–Crippen MR) is 77.3 cm³/mol. The number of rotatable bonds is 4. The first kappa shape index (κ1) is 13.4. The number of nitrogens with one attached hydrogen (secondary N) is 2. The largest absolute Gasteiger partial charge is 0.378 e. The molecule has 1 heterocycles. The number of anilines is 2. The van der Waals surface area contributed by atoms with Crippen LogP contribution in [0.15, 0.2) is 42.6 Å². The van der Waals surface area contributed by atoms with Gasteiger partial charge in [0.1, 0.15) is 0 Å². The zero-order valence-corrected chi connectivity index (χ0v) is 11.2. The summed E-state index contributed by atoms with van der Waals surface area (Å²) in [5.74, 6) is -0.0759. The third kappa shape index (κ3) is 3.96. The number of aromatic nitrogens is 1. The maximum absolute atomic E-state index is 10.9. The molecule has 0 aliphatic rings. The van der Waals surface area contributed by atoms with Crippen LogP contribution in [0.1, 0.15) is 12.5 Å². The molecule has 2 N–H and O–H groups in total. The van der Waals surface area contributed by atoms with E-state index < -0.39 is 0 Å². The Bertz CT molecular complexity index is 569. The lowest BCUT2D eigenvalue weighted by atomic mass is 10.2. The van der Waals surface area contributed by atoms with Crippen molar-refractivity contribution in [1.82, 2.24) is 4.98 Å². The number of hydrogen-bond acceptors (Lipinski definition) is 3. The number of pyridine rings is 1. The Balaban J connectivity index is 1.97. The van der Waals surface area contributed by atoms with Crippen LogP contribution in [-0.2, 0) is 11.3 Å². The minimum atomic E-state index is -0.0759. The topological polar surface area (TPSA) is 54.0 Å². The lowest BCUT2D eigenvalue weighted by Gasteiger charge is -2.08. The van der Waals surface area contributed by atoms with Crippen molar-refractivity contribution in [3.05, 3.63) is 53.3 Å². The highest BCUT2D eigenvalue weighted by Crippen LogP contribution is 2.18. The molecule has 2 aromatic rings. The van der Waals surface area contributed by atoms with Gasteiger partial charge >= 0.3 is 0 Å². The standard InChI is InChI=1S/C14H14ClN3O/c1-10(19)18-12-6-4-11(5-7-12)9-17-13-3-2-8-16-14(13)15/h2-8,17H,9H2,1H3,(H,18,19). The lowest BCUT2D eigenvalue weighted by molar-refractivity contribution is -0.114. The first-order valence-corrected chi connectivity index (χ1v) is 6.24. The monoisotopic (exact) mass is 275 g/mol. The summed E-state index contributed by atoms with van der Waals surface area (Å²) in [6, 6.07) is 11.3. The van der Waals surface area contributed by atoms with Gasteiger partial charge in [0.15, 0.2) is 5.15 Å². The van der Waals surface area contributed by atoms with Gasteiger partial charge in [0.2, 0.25) is 5.91 Å². The van der Waals surface area contributed by atoms with E-state index >= 15 is 0 Å². The minimum Gasteiger partial charge on any atom is -0.378 e. The molecule has 0 atom stereocenters. The number of carbonyl (C=O) groups is 1. The summed E-state index contributed by atoms with van der Waals surface area (Å²) in [6.45, 7) is 2.13. The van der Waals surface area contributed by atoms with Gasteiger partial charge in [0.05, 0.1) is 5.69 Å². The van der Waals surface area contributed by atoms with Crippen LogP contribution in [0.5, 0.6) is 0 Å². The number of amides is 1. The number of hydrogen-bond donors (Lipinski definition) is 2. The van der Waals surface area contributed by atoms with E-state index in [0.29, 0.717) is 11.7 Å². The maximum atomic E-state index is 10.9. The summed E-state index contributed by atoms with van der Waals surface area (Å²) >= 11 is 5.95. The Hall–Kier alpha value is -2.07. The summed E-state index contributed by atoms with van der Waals surface area (Å²) in [4.78, 5) is 14.9. The molecule has 4 nitrogen and oxygen atoms in total. The van der Waals surface area contributed by atoms with Crippen molar-refractivity contribution >= 4 is 28.9 Å². The molecule has 0 radical (unpaired) electrons. The quantitative estimate of drug-likeness (QED) is 0.842. The molecule has 0 aliphatic carbocycles. The van der Waals surface area contributed by atoms with Gasteiger partial charge in [0, 0.05) is 25.4 Å². The molecule has 98 valence electrons. The molecular weight excluding hydrogens is 262 g/mol. The highest BCUT2D eigenvalue weighted by atomic mass is 35.5. The van der Waals surface area contributed by atoms with Crippen molar-refractivity contribution in [2.24, 2.45) is 0 Å². The molecule has 19 heavy (non-hydrogen) atoms. The van der Waals surface area contributed by atoms with Gasteiger partial charge in [0.25, 0.3) is 0 Å². The fourth-order valence-corrected chi connectivity index (χ4v) is 1.81. The molecular formula is C14H14ClN3O. The fraction of sp³-hybridized carbons (Fsp3) is 0.143. The summed E-state index contributed by atoms with van der Waals surface area (Å²) in [7, 11) is 0. The van der Waals surface area contributed by atoms with Gasteiger partial charge < -0.3 is 10.6 Å². The average Bonchev–Trinajstić information content (AvgIpc) is 2.39. The van der Waals surface area contributed by atoms with Crippen LogP contribution in [0.25, 0.3) is 0 Å². The van der Waals surface area contributed by atoms with E-state index in [9.17, 15) is 4.79 Å². The molecule has 0 aliphatic heterocycles. The molecule has 1 aromatic carbocycles. The van der Waals surface area contributed by atoms with Crippen LogP contribution >= 0.6 is 11.6 Å². The van der Waals surface area contributed by atoms with E-state index in [-0.39, 0.29) is 5.91 Å². The molecule has 1 amide bonds. The zero-order chi connectivity index (χ0) is 13.7. The number of halogens is 1. The molecule has 0 saturated carbocycles. The summed E-state index contributed by atoms with van der Waals surface area (Å²) < 4.78 is 0. The second kappa shape index (κ2) is 6.20. The summed E-state index contributed by atoms with van der Waals surface area (Å²) in [6.07, 6.45) is 1.65. The van der Waals surface area contributed by atoms with E-state index in [4.69, 9.17) is 11.6 Å². The van der Waals surface area contributed by atoms with Crippen molar-refractivity contribution in [1.29, 1.82) is 0 Å². The molecule has 2 rings (SSSR count). The number of carbonyl (C=O) groups excluding carboxylic acids is 1. The Labute approximate surface area is 116 Å². The summed E-state index contributed by atoms with van der Waals surface area (Å²) in [5.41, 5.74) is 2.68. The van der Waals surface area contributed by atoms with Crippen molar-refractivity contribution in [3.63, 3.8) is 0 Å². The first-order chi connectivity index (χ1) is 9.15. The van der Waals surface area contributed by atoms with Gasteiger partial charge in [-0.05, 0) is 29.8 Å². The Kier molecular flexibility index (Phi) is 4.36. The van der Waals surface area contributed by atoms with Gasteiger partial charge in [-0.25, -0.2) is 4.98 Å². The molecule has 0 bridgehead atoms. The highest BCUT2D eigenvalue weighted by molar-refractivity contribution is 6.31. The highest BCUT2D eigenvalue weighted by Gasteiger charge is 2.00. The summed E-state index contributed by atoms with van der Waals surface area (Å²) in [5, 5.41) is 6.39. The predicted octanol–water partition coefficient (Wildman–Crippen LogP) is 3.31. The van der Waals surface area contributed by atoms with Gasteiger partial charge in [-0.2, -0.15) is 0 Å². The molecule has 5 heteroatoms. The fourth-order valence-electron chi connectivity index (χ4n) is 1.62. The third-order valence-electron chi connectivity index (χ3n) is 2.52. The van der Waals surface area contributed by atoms with Gasteiger partial charge in [-0.15, -0.1) is 0 Å². The molecule has 0 fully saturated rings. The smallest absolute Gasteiger partial charge is 0.221 e. The van der Waals surface area contributed by atoms with Crippen LogP contribution in [-0.4, -0.2) is 10.9 Å². The molecule has 0 spiro atoms. The van der Waals surface area contributed by atoms with Crippen molar-refractivity contribution in [2.45, 2.75) is 13.5 Å².